The Kier molecular flexibility index (Phi) is 18.7. The molecule has 62 heavy (non-hydrogen) atoms. The van der Waals surface area contributed by atoms with Crippen molar-refractivity contribution in [2.24, 2.45) is 5.73 Å². The number of amides is 4. The normalized spacial score (nSPS) is 32.6. The quantitative estimate of drug-likeness (QED) is 0.0832. The van der Waals surface area contributed by atoms with Gasteiger partial charge < -0.3 is 26.0 Å². The molecule has 0 aromatic carbocycles. The predicted molar refractivity (Wildman–Crippen MR) is 220 cm³/mol. The molecule has 3 rings (SSSR count). The topological polar surface area (TPSA) is 316 Å². The number of hydrogen-bond donors (Lipinski definition) is 9. The summed E-state index contributed by atoms with van der Waals surface area (Å²) in [5.74, 6) is -0.926. The molecule has 1 aliphatic carbocycles. The summed E-state index contributed by atoms with van der Waals surface area (Å²) in [6.45, 7) is 15.9. The summed E-state index contributed by atoms with van der Waals surface area (Å²) in [4.78, 5) is 65.3. The van der Waals surface area contributed by atoms with Crippen LogP contribution in [0.5, 0.6) is 0 Å². The number of carbonyl (C=O) groups is 5. The van der Waals surface area contributed by atoms with E-state index in [4.69, 9.17) is 38.9 Å². The monoisotopic (exact) mass is 955 g/mol. The Morgan fingerprint density at radius 3 is 1.95 bits per heavy atom. The van der Waals surface area contributed by atoms with Crippen LogP contribution in [0.15, 0.2) is 0 Å². The first-order chi connectivity index (χ1) is 28.4. The van der Waals surface area contributed by atoms with Crippen molar-refractivity contribution in [2.75, 3.05) is 20.2 Å². The molecule has 4 amide bonds. The number of hydrogen-bond acceptors (Lipinski definition) is 17. The van der Waals surface area contributed by atoms with E-state index in [0.717, 1.165) is 4.90 Å². The fourth-order valence-corrected chi connectivity index (χ4v) is 9.36. The molecule has 1 saturated carbocycles. The van der Waals surface area contributed by atoms with E-state index in [1.165, 1.54) is 14.0 Å². The number of aliphatic hydroxyl groups excluding tert-OH is 3. The van der Waals surface area contributed by atoms with Gasteiger partial charge in [-0.05, 0) is 61.3 Å². The first-order valence-corrected chi connectivity index (χ1v) is 23.2. The molecule has 2 heterocycles. The van der Waals surface area contributed by atoms with E-state index >= 15 is 0 Å². The van der Waals surface area contributed by atoms with Gasteiger partial charge in [0.1, 0.15) is 5.60 Å². The molecule has 0 spiro atoms. The minimum absolute atomic E-state index is 0.0498. The molecule has 0 aromatic heterocycles. The zero-order valence-corrected chi connectivity index (χ0v) is 39.6. The van der Waals surface area contributed by atoms with Crippen molar-refractivity contribution in [3.63, 3.8) is 0 Å². The van der Waals surface area contributed by atoms with E-state index < -0.39 is 147 Å². The second-order valence-electron chi connectivity index (χ2n) is 19.1. The molecular weight excluding hydrogens is 885 g/mol. The van der Waals surface area contributed by atoms with E-state index in [1.807, 2.05) is 0 Å². The van der Waals surface area contributed by atoms with Crippen LogP contribution in [0.4, 0.5) is 19.2 Å². The SMILES string of the molecule is CN(C(=O)OC(C)(C)C)[C@@H]1[C@@H](O)[C@@H](O[C@@H]2[C@@H](O)[C@H](O[C@H]3O[C@H](CN)CC[C@H]3NC(=O)O)[C@@H](NC(=O)OC(C)(C)C)C[C@H]2NC(=O)[C@@H](O)CC[AsH]C(=O)OC(C)(C)C)OC[C@]1(C)O. The second-order valence-corrected chi connectivity index (χ2v) is 21.7. The third-order valence-electron chi connectivity index (χ3n) is 9.88. The van der Waals surface area contributed by atoms with Gasteiger partial charge in [-0.1, -0.05) is 0 Å². The summed E-state index contributed by atoms with van der Waals surface area (Å²) in [6.07, 6.45) is -15.1. The Morgan fingerprint density at radius 2 is 1.40 bits per heavy atom. The number of carboxylic acid groups (broad SMARTS) is 1. The Bertz CT molecular complexity index is 1540. The van der Waals surface area contributed by atoms with Crippen LogP contribution in [-0.4, -0.2) is 191 Å². The number of alkyl carbamates (subject to hydrolysis) is 1. The Labute approximate surface area is 369 Å². The minimum Gasteiger partial charge on any atom is -0.385 e. The van der Waals surface area contributed by atoms with Gasteiger partial charge >= 0.3 is 248 Å². The van der Waals surface area contributed by atoms with E-state index in [1.54, 1.807) is 62.3 Å². The number of likely N-dealkylation sites (N-methyl/N-ethyl adjacent to an activating group) is 1. The molecule has 3 aliphatic rings. The van der Waals surface area contributed by atoms with Crippen LogP contribution >= 0.6 is 0 Å². The summed E-state index contributed by atoms with van der Waals surface area (Å²) in [5.41, 5.74) is 1.42. The van der Waals surface area contributed by atoms with Crippen LogP contribution in [-0.2, 0) is 38.0 Å². The summed E-state index contributed by atoms with van der Waals surface area (Å²) >= 11 is -1.37. The van der Waals surface area contributed by atoms with Crippen molar-refractivity contribution < 1.29 is 82.7 Å². The van der Waals surface area contributed by atoms with Gasteiger partial charge in [0, 0.05) is 13.6 Å². The van der Waals surface area contributed by atoms with Crippen molar-refractivity contribution in [3.05, 3.63) is 0 Å². The van der Waals surface area contributed by atoms with E-state index in [0.29, 0.717) is 6.42 Å². The second kappa shape index (κ2) is 21.8. The van der Waals surface area contributed by atoms with Gasteiger partial charge in [-0.3, -0.25) is 0 Å². The smallest absolute Gasteiger partial charge is 0.385 e. The number of rotatable bonds is 14. The summed E-state index contributed by atoms with van der Waals surface area (Å²) < 4.78 is 40.4. The third-order valence-corrected chi connectivity index (χ3v) is 11.8. The third kappa shape index (κ3) is 16.2. The number of ether oxygens (including phenoxy) is 7. The Hall–Kier alpha value is -3.05. The van der Waals surface area contributed by atoms with Crippen LogP contribution in [0.1, 0.15) is 94.9 Å². The number of nitrogens with one attached hydrogen (secondary N) is 3. The molecule has 0 aromatic rings. The number of aliphatic hydroxyl groups is 4. The van der Waals surface area contributed by atoms with Crippen LogP contribution in [0.25, 0.3) is 0 Å². The van der Waals surface area contributed by atoms with Crippen molar-refractivity contribution >= 4 is 44.7 Å². The fraction of sp³-hybridized carbons (Fsp3) is 0.872. The molecule has 2 saturated heterocycles. The maximum atomic E-state index is 13.7. The molecule has 0 bridgehead atoms. The molecule has 358 valence electrons. The van der Waals surface area contributed by atoms with Gasteiger partial charge in [-0.15, -0.1) is 0 Å². The van der Waals surface area contributed by atoms with Crippen LogP contribution in [0.3, 0.4) is 0 Å². The summed E-state index contributed by atoms with van der Waals surface area (Å²) in [7, 11) is 1.31. The molecule has 2 aliphatic heterocycles. The molecular formula is C39H70AsN5O17. The summed E-state index contributed by atoms with van der Waals surface area (Å²) in [5, 5.41) is 63.9. The van der Waals surface area contributed by atoms with E-state index in [9.17, 15) is 49.5 Å². The minimum atomic E-state index is -1.86. The fourth-order valence-electron chi connectivity index (χ4n) is 7.26. The van der Waals surface area contributed by atoms with E-state index in [2.05, 4.69) is 16.0 Å². The zero-order chi connectivity index (χ0) is 47.1. The average molecular weight is 956 g/mol. The average Bonchev–Trinajstić information content (AvgIpc) is 3.10. The number of nitrogens with two attached hydrogens (primary N) is 1. The predicted octanol–water partition coefficient (Wildman–Crippen LogP) is 0.244. The molecule has 23 heteroatoms. The Balaban J connectivity index is 2.04. The van der Waals surface area contributed by atoms with Crippen LogP contribution in [0, 0.1) is 0 Å². The molecule has 3 fully saturated rings. The van der Waals surface area contributed by atoms with Gasteiger partial charge in [-0.25, -0.2) is 9.59 Å². The van der Waals surface area contributed by atoms with Gasteiger partial charge in [-0.2, -0.15) is 0 Å². The van der Waals surface area contributed by atoms with E-state index in [-0.39, 0.29) is 31.0 Å². The first-order valence-electron chi connectivity index (χ1n) is 20.7. The van der Waals surface area contributed by atoms with Gasteiger partial charge in [0.2, 0.25) is 0 Å². The molecule has 10 N–H and O–H groups in total. The maximum absolute atomic E-state index is 13.7. The van der Waals surface area contributed by atoms with Crippen LogP contribution < -0.4 is 21.7 Å². The van der Waals surface area contributed by atoms with Crippen LogP contribution in [0.2, 0.25) is 5.21 Å². The molecule has 1 unspecified atom stereocenters. The Morgan fingerprint density at radius 1 is 0.839 bits per heavy atom. The molecule has 0 radical (unpaired) electrons. The van der Waals surface area contributed by atoms with Crippen molar-refractivity contribution in [1.82, 2.24) is 20.9 Å². The zero-order valence-electron chi connectivity index (χ0n) is 37.5. The van der Waals surface area contributed by atoms with Crippen molar-refractivity contribution in [1.29, 1.82) is 0 Å². The first kappa shape index (κ1) is 53.3. The number of carbonyl (C=O) groups excluding carboxylic acids is 4. The summed E-state index contributed by atoms with van der Waals surface area (Å²) in [6, 6.07) is -4.89. The van der Waals surface area contributed by atoms with Gasteiger partial charge in [0.15, 0.2) is 0 Å². The van der Waals surface area contributed by atoms with Crippen molar-refractivity contribution in [2.45, 2.75) is 196 Å². The molecule has 22 nitrogen and oxygen atoms in total. The standard InChI is InChI=1S/C39H70AsN5O17/c1-36(2,3)60-32(50)40-15-14-23(46)29(49)42-21-16-22(44-34(53)61-37(4,5)6)27(58-30-20(43-33(51)52)13-12-19(17-41)57-30)24(47)26(21)59-31-25(48)28(39(10,55)18-56-31)45(11)35(54)62-38(7,8)9/h19-28,30-31,40,43,46-48,55H,12-18,41H2,1-11H3,(H,42,49)(H,44,53)(H,51,52)/t19-,20+,21+,22-,23-,24+,25+,26-,27+,28+,30+,31+,39-/m0/s1. The van der Waals surface area contributed by atoms with Gasteiger partial charge in [0.25, 0.3) is 0 Å². The molecule has 14 atom stereocenters. The number of nitrogens with zero attached hydrogens (tertiary/aromatic N) is 1. The van der Waals surface area contributed by atoms with Gasteiger partial charge in [0.05, 0.1) is 6.10 Å². The van der Waals surface area contributed by atoms with Crippen molar-refractivity contribution in [3.8, 4) is 0 Å².